The molecule has 8 heteroatoms. The van der Waals surface area contributed by atoms with Gasteiger partial charge in [0.25, 0.3) is 5.91 Å². The largest absolute Gasteiger partial charge is 0.529 e. The van der Waals surface area contributed by atoms with Gasteiger partial charge >= 0.3 is 7.82 Å². The van der Waals surface area contributed by atoms with Gasteiger partial charge in [0.05, 0.1) is 5.54 Å². The first-order valence-electron chi connectivity index (χ1n) is 3.83. The smallest absolute Gasteiger partial charge is 0.397 e. The summed E-state index contributed by atoms with van der Waals surface area (Å²) in [5.74, 6) is -0.854. The molecule has 0 aliphatic rings. The van der Waals surface area contributed by atoms with Gasteiger partial charge in [0.15, 0.2) is 0 Å². The summed E-state index contributed by atoms with van der Waals surface area (Å²) >= 11 is 5.36. The summed E-state index contributed by atoms with van der Waals surface area (Å²) in [7, 11) is 1.52. The molecule has 15 heavy (non-hydrogen) atoms. The molecule has 0 saturated carbocycles. The quantitative estimate of drug-likeness (QED) is 0.425. The van der Waals surface area contributed by atoms with Crippen LogP contribution in [-0.2, 0) is 22.9 Å². The zero-order valence-electron chi connectivity index (χ0n) is 8.89. The number of phosphoric ester groups is 1. The Morgan fingerprint density at radius 2 is 1.80 bits per heavy atom. The molecule has 0 bridgehead atoms. The second kappa shape index (κ2) is 6.12. The molecule has 0 aliphatic heterocycles. The van der Waals surface area contributed by atoms with Gasteiger partial charge in [-0.2, -0.15) is 0 Å². The van der Waals surface area contributed by atoms with Crippen molar-refractivity contribution in [2.24, 2.45) is 0 Å². The first-order chi connectivity index (χ1) is 6.90. The number of nitrogens with zero attached hydrogens (tertiary/aromatic N) is 1. The lowest BCUT2D eigenvalue weighted by molar-refractivity contribution is -0.127. The van der Waals surface area contributed by atoms with E-state index < -0.39 is 13.7 Å². The molecule has 0 atom stereocenters. The van der Waals surface area contributed by atoms with Crippen molar-refractivity contribution in [1.82, 2.24) is 4.90 Å². The highest BCUT2D eigenvalue weighted by Gasteiger charge is 2.29. The van der Waals surface area contributed by atoms with E-state index in [-0.39, 0.29) is 5.76 Å². The third kappa shape index (κ3) is 4.22. The van der Waals surface area contributed by atoms with Gasteiger partial charge in [-0.05, 0) is 0 Å². The zero-order valence-corrected chi connectivity index (χ0v) is 10.5. The Hall–Kier alpha value is -0.550. The Kier molecular flexibility index (Phi) is 5.90. The topological polar surface area (TPSA) is 65.1 Å². The number of amides is 1. The van der Waals surface area contributed by atoms with E-state index in [1.54, 1.807) is 0 Å². The molecular weight excluding hydrogens is 245 g/mol. The second-order valence-electron chi connectivity index (χ2n) is 2.58. The predicted molar refractivity (Wildman–Crippen MR) is 55.3 cm³/mol. The van der Waals surface area contributed by atoms with Crippen LogP contribution in [0.1, 0.15) is 0 Å². The van der Waals surface area contributed by atoms with E-state index in [2.05, 4.69) is 9.05 Å². The number of hydrogen-bond donors (Lipinski definition) is 0. The van der Waals surface area contributed by atoms with Gasteiger partial charge in [0.1, 0.15) is 0 Å². The van der Waals surface area contributed by atoms with E-state index in [4.69, 9.17) is 16.1 Å². The molecule has 0 rings (SSSR count). The van der Waals surface area contributed by atoms with Crippen LogP contribution in [0.3, 0.4) is 0 Å². The average Bonchev–Trinajstić information content (AvgIpc) is 2.24. The summed E-state index contributed by atoms with van der Waals surface area (Å²) in [5.41, 5.74) is 0.868. The molecule has 0 fully saturated rings. The Labute approximate surface area is 93.4 Å². The van der Waals surface area contributed by atoms with Gasteiger partial charge in [-0.3, -0.25) is 13.8 Å². The molecule has 0 saturated heterocycles. The fourth-order valence-electron chi connectivity index (χ4n) is 0.596. The fourth-order valence-corrected chi connectivity index (χ4v) is 1.47. The Balaban J connectivity index is 4.76. The highest BCUT2D eigenvalue weighted by atomic mass is 35.5. The van der Waals surface area contributed by atoms with Crippen molar-refractivity contribution in [3.63, 3.8) is 0 Å². The summed E-state index contributed by atoms with van der Waals surface area (Å²) in [6.07, 6.45) is 0. The molecule has 0 heterocycles. The van der Waals surface area contributed by atoms with Crippen molar-refractivity contribution in [1.29, 1.82) is 0 Å². The minimum Gasteiger partial charge on any atom is -0.397 e. The highest BCUT2D eigenvalue weighted by molar-refractivity contribution is 7.48. The number of carbonyl (C=O) groups excluding carboxylic acids is 1. The van der Waals surface area contributed by atoms with Crippen LogP contribution < -0.4 is 0 Å². The van der Waals surface area contributed by atoms with Crippen LogP contribution in [0.2, 0.25) is 0 Å². The molecule has 6 nitrogen and oxygen atoms in total. The van der Waals surface area contributed by atoms with E-state index >= 15 is 0 Å². The van der Waals surface area contributed by atoms with Crippen LogP contribution >= 0.6 is 19.4 Å². The van der Waals surface area contributed by atoms with Gasteiger partial charge in [-0.1, -0.05) is 11.6 Å². The normalized spacial score (nSPS) is 12.5. The molecule has 0 N–H and O–H groups in total. The minimum absolute atomic E-state index is 0.311. The van der Waals surface area contributed by atoms with Crippen molar-refractivity contribution in [3.8, 4) is 0 Å². The predicted octanol–water partition coefficient (Wildman–Crippen LogP) is 1.57. The van der Waals surface area contributed by atoms with Crippen molar-refractivity contribution < 1.29 is 22.9 Å². The van der Waals surface area contributed by atoms with Crippen LogP contribution in [0.25, 0.3) is 0 Å². The highest BCUT2D eigenvalue weighted by Crippen LogP contribution is 2.49. The van der Waals surface area contributed by atoms with E-state index in [9.17, 15) is 9.36 Å². The Morgan fingerprint density at radius 1 is 1.33 bits per heavy atom. The number of halogens is 1. The summed E-state index contributed by atoms with van der Waals surface area (Å²) in [4.78, 5) is 12.6. The van der Waals surface area contributed by atoms with Crippen molar-refractivity contribution in [2.45, 2.75) is 0 Å². The van der Waals surface area contributed by atoms with Gasteiger partial charge in [0.2, 0.25) is 5.76 Å². The number of rotatable bonds is 5. The number of hydrogen-bond acceptors (Lipinski definition) is 5. The van der Waals surface area contributed by atoms with Crippen LogP contribution in [-0.4, -0.2) is 39.1 Å². The summed E-state index contributed by atoms with van der Waals surface area (Å²) < 4.78 is 25.2. The molecule has 0 radical (unpaired) electrons. The average molecular weight is 258 g/mol. The molecule has 1 amide bonds. The molecule has 88 valence electrons. The van der Waals surface area contributed by atoms with Gasteiger partial charge < -0.3 is 9.42 Å². The maximum absolute atomic E-state index is 11.5. The van der Waals surface area contributed by atoms with Crippen LogP contribution in [0.4, 0.5) is 0 Å². The summed E-state index contributed by atoms with van der Waals surface area (Å²) in [5, 5.41) is 0. The molecule has 0 aromatic heterocycles. The van der Waals surface area contributed by atoms with E-state index in [1.807, 2.05) is 0 Å². The molecule has 0 aromatic rings. The van der Waals surface area contributed by atoms with Crippen molar-refractivity contribution in [3.05, 3.63) is 11.3 Å². The Morgan fingerprint density at radius 3 is 2.07 bits per heavy atom. The van der Waals surface area contributed by atoms with Gasteiger partial charge in [-0.25, -0.2) is 4.57 Å². The monoisotopic (exact) mass is 257 g/mol. The molecule has 0 spiro atoms. The lowest BCUT2D eigenvalue weighted by Crippen LogP contribution is -2.24. The van der Waals surface area contributed by atoms with Crippen LogP contribution in [0.5, 0.6) is 0 Å². The second-order valence-corrected chi connectivity index (χ2v) is 4.60. The molecule has 0 aromatic carbocycles. The number of likely N-dealkylation sites (N-methyl/N-ethyl adjacent to an activating group) is 1. The zero-order chi connectivity index (χ0) is 12.1. The molecule has 0 aliphatic carbocycles. The number of phosphoric acid groups is 1. The first kappa shape index (κ1) is 14.5. The van der Waals surface area contributed by atoms with E-state index in [0.717, 1.165) is 19.8 Å². The summed E-state index contributed by atoms with van der Waals surface area (Å²) in [6, 6.07) is 0. The van der Waals surface area contributed by atoms with Crippen LogP contribution in [0, 0.1) is 0 Å². The first-order valence-corrected chi connectivity index (χ1v) is 5.73. The SMILES string of the molecule is COP(=O)(OC)OC(=CCl)C(=O)N(C)C. The standard InChI is InChI=1S/C7H13ClNO5P/c1-9(2)7(10)6(5-8)14-15(11,12-3)13-4/h5H,1-4H3. The van der Waals surface area contributed by atoms with Gasteiger partial charge in [0, 0.05) is 28.3 Å². The lowest BCUT2D eigenvalue weighted by atomic mass is 10.5. The van der Waals surface area contributed by atoms with E-state index in [1.165, 1.54) is 19.0 Å². The van der Waals surface area contributed by atoms with Gasteiger partial charge in [-0.15, -0.1) is 0 Å². The maximum atomic E-state index is 11.5. The van der Waals surface area contributed by atoms with E-state index in [0.29, 0.717) is 0 Å². The Bertz CT molecular complexity index is 296. The maximum Gasteiger partial charge on any atom is 0.529 e. The molecular formula is C7H13ClNO5P. The number of carbonyl (C=O) groups is 1. The molecule has 0 unspecified atom stereocenters. The van der Waals surface area contributed by atoms with Crippen molar-refractivity contribution in [2.75, 3.05) is 28.3 Å². The minimum atomic E-state index is -3.75. The third-order valence-corrected chi connectivity index (χ3v) is 2.89. The fraction of sp³-hybridized carbons (Fsp3) is 0.571. The summed E-state index contributed by atoms with van der Waals surface area (Å²) in [6.45, 7) is 0. The lowest BCUT2D eigenvalue weighted by Gasteiger charge is -2.17. The van der Waals surface area contributed by atoms with Crippen LogP contribution in [0.15, 0.2) is 11.3 Å². The van der Waals surface area contributed by atoms with Crippen molar-refractivity contribution >= 4 is 25.3 Å². The third-order valence-electron chi connectivity index (χ3n) is 1.37.